The molecule has 1 unspecified atom stereocenters. The lowest BCUT2D eigenvalue weighted by atomic mass is 10.0. The maximum absolute atomic E-state index is 14.0. The summed E-state index contributed by atoms with van der Waals surface area (Å²) in [4.78, 5) is 17.5. The van der Waals surface area contributed by atoms with Gasteiger partial charge >= 0.3 is 0 Å². The van der Waals surface area contributed by atoms with Crippen molar-refractivity contribution in [3.63, 3.8) is 0 Å². The number of nitrogens with zero attached hydrogens (tertiary/aromatic N) is 5. The number of likely N-dealkylation sites (tertiary alicyclic amines) is 1. The SMILES string of the molecule is C\C(N)=N/C=N\C(=C\Br)N1CCN(C(CN2CCCCC2)c2cccc(F)c2)CC1. The quantitative estimate of drug-likeness (QED) is 0.480. The van der Waals surface area contributed by atoms with Crippen molar-refractivity contribution in [2.45, 2.75) is 32.2 Å². The Morgan fingerprint density at radius 1 is 1.17 bits per heavy atom. The van der Waals surface area contributed by atoms with Crippen molar-refractivity contribution in [1.29, 1.82) is 0 Å². The third-order valence-electron chi connectivity index (χ3n) is 5.74. The van der Waals surface area contributed by atoms with E-state index in [0.717, 1.165) is 57.2 Å². The normalized spacial score (nSPS) is 21.4. The topological polar surface area (TPSA) is 60.5 Å². The van der Waals surface area contributed by atoms with Gasteiger partial charge in [0.2, 0.25) is 0 Å². The van der Waals surface area contributed by atoms with E-state index in [9.17, 15) is 4.39 Å². The Balaban J connectivity index is 1.68. The van der Waals surface area contributed by atoms with Crippen molar-refractivity contribution in [1.82, 2.24) is 14.7 Å². The van der Waals surface area contributed by atoms with E-state index in [0.29, 0.717) is 5.84 Å². The Kier molecular flexibility index (Phi) is 8.84. The number of rotatable bonds is 7. The average molecular weight is 479 g/mol. The zero-order chi connectivity index (χ0) is 21.3. The van der Waals surface area contributed by atoms with E-state index in [1.807, 2.05) is 11.1 Å². The summed E-state index contributed by atoms with van der Waals surface area (Å²) in [6.07, 6.45) is 5.31. The molecule has 1 aromatic carbocycles. The predicted octanol–water partition coefficient (Wildman–Crippen LogP) is 3.57. The van der Waals surface area contributed by atoms with Gasteiger partial charge in [0.1, 0.15) is 18.0 Å². The molecule has 6 nitrogen and oxygen atoms in total. The monoisotopic (exact) mass is 478 g/mol. The molecule has 2 saturated heterocycles. The summed E-state index contributed by atoms with van der Waals surface area (Å²) in [7, 11) is 0. The molecule has 0 spiro atoms. The molecule has 0 bridgehead atoms. The van der Waals surface area contributed by atoms with E-state index >= 15 is 0 Å². The lowest BCUT2D eigenvalue weighted by Gasteiger charge is -2.42. The van der Waals surface area contributed by atoms with Gasteiger partial charge in [-0.1, -0.05) is 34.5 Å². The van der Waals surface area contributed by atoms with Gasteiger partial charge in [-0.25, -0.2) is 14.4 Å². The summed E-state index contributed by atoms with van der Waals surface area (Å²) in [6.45, 7) is 8.46. The van der Waals surface area contributed by atoms with E-state index in [-0.39, 0.29) is 11.9 Å². The highest BCUT2D eigenvalue weighted by molar-refractivity contribution is 9.11. The zero-order valence-corrected chi connectivity index (χ0v) is 19.3. The molecule has 0 amide bonds. The summed E-state index contributed by atoms with van der Waals surface area (Å²) in [5.41, 5.74) is 6.64. The van der Waals surface area contributed by atoms with E-state index in [1.54, 1.807) is 13.0 Å². The standard InChI is InChI=1S/C22H32BrFN6/c1-18(25)26-17-27-22(15-23)30-12-10-29(11-13-30)21(16-28-8-3-2-4-9-28)19-6-5-7-20(24)14-19/h5-7,14-15,17,21H,2-4,8-13,16H2,1H3,(H2,25,26,27)/b22-15-. The first-order valence-electron chi connectivity index (χ1n) is 10.7. The van der Waals surface area contributed by atoms with Gasteiger partial charge < -0.3 is 15.5 Å². The highest BCUT2D eigenvalue weighted by Crippen LogP contribution is 2.26. The number of amidine groups is 1. The van der Waals surface area contributed by atoms with Crippen molar-refractivity contribution in [2.24, 2.45) is 15.7 Å². The largest absolute Gasteiger partial charge is 0.387 e. The van der Waals surface area contributed by atoms with Gasteiger partial charge in [-0.2, -0.15) is 0 Å². The van der Waals surface area contributed by atoms with E-state index in [2.05, 4.69) is 46.7 Å². The molecular formula is C22H32BrFN6. The second-order valence-electron chi connectivity index (χ2n) is 7.94. The van der Waals surface area contributed by atoms with Crippen LogP contribution in [0, 0.1) is 5.82 Å². The van der Waals surface area contributed by atoms with Crippen LogP contribution in [0.15, 0.2) is 45.1 Å². The molecule has 2 N–H and O–H groups in total. The Morgan fingerprint density at radius 3 is 2.53 bits per heavy atom. The smallest absolute Gasteiger partial charge is 0.137 e. The molecule has 0 saturated carbocycles. The molecule has 2 aliphatic heterocycles. The maximum Gasteiger partial charge on any atom is 0.137 e. The molecule has 1 atom stereocenters. The number of nitrogens with two attached hydrogens (primary N) is 1. The van der Waals surface area contributed by atoms with Crippen molar-refractivity contribution < 1.29 is 4.39 Å². The van der Waals surface area contributed by atoms with Gasteiger partial charge in [0.15, 0.2) is 0 Å². The lowest BCUT2D eigenvalue weighted by Crippen LogP contribution is -2.49. The average Bonchev–Trinajstić information content (AvgIpc) is 2.76. The fourth-order valence-electron chi connectivity index (χ4n) is 4.15. The van der Waals surface area contributed by atoms with E-state index in [4.69, 9.17) is 5.73 Å². The first-order chi connectivity index (χ1) is 14.6. The Labute approximate surface area is 187 Å². The second-order valence-corrected chi connectivity index (χ2v) is 8.40. The third kappa shape index (κ3) is 6.62. The van der Waals surface area contributed by atoms with Gasteiger partial charge in [-0.3, -0.25) is 4.90 Å². The minimum absolute atomic E-state index is 0.163. The number of piperazine rings is 1. The van der Waals surface area contributed by atoms with Gasteiger partial charge in [0.25, 0.3) is 0 Å². The molecule has 0 aliphatic carbocycles. The number of benzene rings is 1. The number of hydrogen-bond donors (Lipinski definition) is 1. The van der Waals surface area contributed by atoms with Gasteiger partial charge in [0, 0.05) is 43.8 Å². The summed E-state index contributed by atoms with van der Waals surface area (Å²) in [5.74, 6) is 1.15. The maximum atomic E-state index is 14.0. The third-order valence-corrected chi connectivity index (χ3v) is 6.15. The highest BCUT2D eigenvalue weighted by Gasteiger charge is 2.28. The van der Waals surface area contributed by atoms with Gasteiger partial charge in [-0.05, 0) is 50.6 Å². The van der Waals surface area contributed by atoms with E-state index < -0.39 is 0 Å². The van der Waals surface area contributed by atoms with Crippen LogP contribution in [0.1, 0.15) is 37.8 Å². The predicted molar refractivity (Wildman–Crippen MR) is 125 cm³/mol. The van der Waals surface area contributed by atoms with Gasteiger partial charge in [-0.15, -0.1) is 0 Å². The molecular weight excluding hydrogens is 447 g/mol. The number of hydrogen-bond acceptors (Lipinski definition) is 4. The minimum Gasteiger partial charge on any atom is -0.387 e. The van der Waals surface area contributed by atoms with Crippen molar-refractivity contribution in [3.05, 3.63) is 46.5 Å². The fourth-order valence-corrected chi connectivity index (χ4v) is 4.56. The van der Waals surface area contributed by atoms with Crippen LogP contribution in [0.5, 0.6) is 0 Å². The van der Waals surface area contributed by atoms with Crippen LogP contribution in [0.4, 0.5) is 4.39 Å². The Morgan fingerprint density at radius 2 is 1.90 bits per heavy atom. The molecule has 2 heterocycles. The summed E-state index contributed by atoms with van der Waals surface area (Å²) < 4.78 is 14.0. The number of aliphatic imine (C=N–C) groups is 2. The van der Waals surface area contributed by atoms with Crippen molar-refractivity contribution >= 4 is 28.1 Å². The van der Waals surface area contributed by atoms with Crippen molar-refractivity contribution in [2.75, 3.05) is 45.8 Å². The minimum atomic E-state index is -0.163. The molecule has 164 valence electrons. The summed E-state index contributed by atoms with van der Waals surface area (Å²) in [5, 5.41) is 0. The zero-order valence-electron chi connectivity index (χ0n) is 17.7. The first kappa shape index (κ1) is 22.9. The van der Waals surface area contributed by atoms with Crippen molar-refractivity contribution in [3.8, 4) is 0 Å². The van der Waals surface area contributed by atoms with E-state index in [1.165, 1.54) is 31.7 Å². The molecule has 0 radical (unpaired) electrons. The highest BCUT2D eigenvalue weighted by atomic mass is 79.9. The molecule has 0 aromatic heterocycles. The summed E-state index contributed by atoms with van der Waals surface area (Å²) in [6, 6.07) is 7.30. The summed E-state index contributed by atoms with van der Waals surface area (Å²) >= 11 is 3.41. The second kappa shape index (κ2) is 11.6. The van der Waals surface area contributed by atoms with Crippen LogP contribution in [0.3, 0.4) is 0 Å². The molecule has 30 heavy (non-hydrogen) atoms. The number of halogens is 2. The van der Waals surface area contributed by atoms with Crippen LogP contribution in [-0.4, -0.2) is 72.7 Å². The molecule has 2 fully saturated rings. The van der Waals surface area contributed by atoms with Crippen LogP contribution in [-0.2, 0) is 0 Å². The molecule has 8 heteroatoms. The van der Waals surface area contributed by atoms with Crippen LogP contribution >= 0.6 is 15.9 Å². The van der Waals surface area contributed by atoms with Crippen LogP contribution in [0.25, 0.3) is 0 Å². The molecule has 1 aromatic rings. The van der Waals surface area contributed by atoms with Gasteiger partial charge in [0.05, 0.1) is 5.84 Å². The van der Waals surface area contributed by atoms with Crippen LogP contribution < -0.4 is 5.73 Å². The molecule has 2 aliphatic rings. The van der Waals surface area contributed by atoms with Crippen LogP contribution in [0.2, 0.25) is 0 Å². The molecule has 3 rings (SSSR count). The fraction of sp³-hybridized carbons (Fsp3) is 0.545. The number of piperidine rings is 1. The lowest BCUT2D eigenvalue weighted by molar-refractivity contribution is 0.0816. The Bertz CT molecular complexity index is 763. The first-order valence-corrected chi connectivity index (χ1v) is 11.6. The Hall–Kier alpha value is -1.77.